The summed E-state index contributed by atoms with van der Waals surface area (Å²) in [7, 11) is 0. The van der Waals surface area contributed by atoms with Gasteiger partial charge in [-0.15, -0.1) is 11.3 Å². The lowest BCUT2D eigenvalue weighted by Gasteiger charge is -2.10. The lowest BCUT2D eigenvalue weighted by atomic mass is 10.2. The first kappa shape index (κ1) is 15.7. The lowest BCUT2D eigenvalue weighted by molar-refractivity contribution is -0.116. The van der Waals surface area contributed by atoms with Gasteiger partial charge in [0.1, 0.15) is 0 Å². The van der Waals surface area contributed by atoms with Crippen LogP contribution in [0.2, 0.25) is 0 Å². The highest BCUT2D eigenvalue weighted by Crippen LogP contribution is 2.25. The van der Waals surface area contributed by atoms with Crippen molar-refractivity contribution in [2.45, 2.75) is 25.5 Å². The van der Waals surface area contributed by atoms with Gasteiger partial charge in [-0.3, -0.25) is 9.59 Å². The van der Waals surface area contributed by atoms with Crippen molar-refractivity contribution in [2.24, 2.45) is 0 Å². The van der Waals surface area contributed by atoms with Crippen molar-refractivity contribution in [1.29, 1.82) is 0 Å². The first-order chi connectivity index (χ1) is 10.1. The molecule has 4 nitrogen and oxygen atoms in total. The maximum Gasteiger partial charge on any atom is 0.239 e. The summed E-state index contributed by atoms with van der Waals surface area (Å²) < 4.78 is 0. The molecular weight excluding hydrogens is 304 g/mol. The van der Waals surface area contributed by atoms with Gasteiger partial charge < -0.3 is 5.32 Å². The second-order valence-electron chi connectivity index (χ2n) is 4.40. The van der Waals surface area contributed by atoms with Crippen molar-refractivity contribution >= 4 is 39.3 Å². The average molecular weight is 320 g/mol. The SMILES string of the molecule is CCC(SC(C)=O)C(=O)Nc1nc(-c2ccccc2)cs1. The van der Waals surface area contributed by atoms with Crippen LogP contribution in [0.25, 0.3) is 11.3 Å². The molecule has 0 fully saturated rings. The van der Waals surface area contributed by atoms with Crippen molar-refractivity contribution in [3.8, 4) is 11.3 Å². The van der Waals surface area contributed by atoms with E-state index in [4.69, 9.17) is 0 Å². The van der Waals surface area contributed by atoms with Crippen LogP contribution in [0.1, 0.15) is 20.3 Å². The van der Waals surface area contributed by atoms with Gasteiger partial charge in [0.25, 0.3) is 0 Å². The Hall–Kier alpha value is -1.66. The number of anilines is 1. The van der Waals surface area contributed by atoms with Crippen LogP contribution in [0.3, 0.4) is 0 Å². The molecule has 0 aliphatic carbocycles. The number of hydrogen-bond donors (Lipinski definition) is 1. The molecule has 1 unspecified atom stereocenters. The monoisotopic (exact) mass is 320 g/mol. The van der Waals surface area contributed by atoms with Gasteiger partial charge in [-0.2, -0.15) is 0 Å². The molecule has 0 radical (unpaired) electrons. The van der Waals surface area contributed by atoms with E-state index in [0.29, 0.717) is 11.6 Å². The number of thiazole rings is 1. The molecule has 0 bridgehead atoms. The Bertz CT molecular complexity index is 626. The van der Waals surface area contributed by atoms with Gasteiger partial charge in [0.15, 0.2) is 10.2 Å². The molecule has 2 aromatic rings. The van der Waals surface area contributed by atoms with E-state index in [9.17, 15) is 9.59 Å². The fourth-order valence-corrected chi connectivity index (χ4v) is 3.24. The number of amides is 1. The molecule has 110 valence electrons. The zero-order valence-electron chi connectivity index (χ0n) is 11.8. The summed E-state index contributed by atoms with van der Waals surface area (Å²) in [4.78, 5) is 27.6. The molecule has 21 heavy (non-hydrogen) atoms. The van der Waals surface area contributed by atoms with E-state index in [0.717, 1.165) is 23.0 Å². The van der Waals surface area contributed by atoms with Crippen molar-refractivity contribution in [3.05, 3.63) is 35.7 Å². The normalized spacial score (nSPS) is 11.9. The van der Waals surface area contributed by atoms with Crippen LogP contribution in [0.15, 0.2) is 35.7 Å². The van der Waals surface area contributed by atoms with Crippen LogP contribution in [-0.4, -0.2) is 21.3 Å². The van der Waals surface area contributed by atoms with Crippen LogP contribution in [-0.2, 0) is 9.59 Å². The number of benzene rings is 1. The third-order valence-electron chi connectivity index (χ3n) is 2.78. The standard InChI is InChI=1S/C15H16N2O2S2/c1-3-13(21-10(2)18)14(19)17-15-16-12(9-20-15)11-7-5-4-6-8-11/h4-9,13H,3H2,1-2H3,(H,16,17,19). The van der Waals surface area contributed by atoms with Crippen molar-refractivity contribution in [2.75, 3.05) is 5.32 Å². The molecule has 1 aromatic carbocycles. The van der Waals surface area contributed by atoms with Gasteiger partial charge in [0.05, 0.1) is 10.9 Å². The van der Waals surface area contributed by atoms with Crippen molar-refractivity contribution < 1.29 is 9.59 Å². The maximum atomic E-state index is 12.1. The quantitative estimate of drug-likeness (QED) is 0.910. The highest BCUT2D eigenvalue weighted by Gasteiger charge is 2.20. The second kappa shape index (κ2) is 7.38. The number of hydrogen-bond acceptors (Lipinski definition) is 5. The van der Waals surface area contributed by atoms with E-state index < -0.39 is 0 Å². The van der Waals surface area contributed by atoms with E-state index in [2.05, 4.69) is 10.3 Å². The number of nitrogens with one attached hydrogen (secondary N) is 1. The van der Waals surface area contributed by atoms with E-state index in [1.54, 1.807) is 0 Å². The minimum atomic E-state index is -0.369. The van der Waals surface area contributed by atoms with E-state index >= 15 is 0 Å². The molecular formula is C15H16N2O2S2. The first-order valence-corrected chi connectivity index (χ1v) is 8.35. The average Bonchev–Trinajstić information content (AvgIpc) is 2.94. The summed E-state index contributed by atoms with van der Waals surface area (Å²) in [5.74, 6) is -0.174. The molecule has 1 aromatic heterocycles. The molecule has 0 saturated carbocycles. The number of carbonyl (C=O) groups excluding carboxylic acids is 2. The van der Waals surface area contributed by atoms with Gasteiger partial charge in [-0.05, 0) is 6.42 Å². The molecule has 1 atom stereocenters. The van der Waals surface area contributed by atoms with Crippen LogP contribution in [0.5, 0.6) is 0 Å². The predicted molar refractivity (Wildman–Crippen MR) is 88.5 cm³/mol. The van der Waals surface area contributed by atoms with E-state index in [1.807, 2.05) is 42.6 Å². The summed E-state index contributed by atoms with van der Waals surface area (Å²) in [5, 5.41) is 4.82. The van der Waals surface area contributed by atoms with Crippen LogP contribution in [0, 0.1) is 0 Å². The molecule has 0 aliphatic rings. The number of rotatable bonds is 5. The summed E-state index contributed by atoms with van der Waals surface area (Å²) in [6.07, 6.45) is 0.604. The van der Waals surface area contributed by atoms with Gasteiger partial charge in [-0.25, -0.2) is 4.98 Å². The zero-order valence-corrected chi connectivity index (χ0v) is 13.5. The molecule has 6 heteroatoms. The van der Waals surface area contributed by atoms with Crippen molar-refractivity contribution in [1.82, 2.24) is 4.98 Å². The minimum Gasteiger partial charge on any atom is -0.301 e. The molecule has 2 rings (SSSR count). The summed E-state index contributed by atoms with van der Waals surface area (Å²) in [6.45, 7) is 3.36. The molecule has 0 aliphatic heterocycles. The zero-order chi connectivity index (χ0) is 15.2. The van der Waals surface area contributed by atoms with Crippen LogP contribution < -0.4 is 5.32 Å². The maximum absolute atomic E-state index is 12.1. The third kappa shape index (κ3) is 4.41. The Kier molecular flexibility index (Phi) is 5.52. The van der Waals surface area contributed by atoms with Gasteiger partial charge in [-0.1, -0.05) is 49.0 Å². The second-order valence-corrected chi connectivity index (χ2v) is 6.64. The Morgan fingerprint density at radius 1 is 1.33 bits per heavy atom. The Labute approximate surface area is 132 Å². The lowest BCUT2D eigenvalue weighted by Crippen LogP contribution is -2.25. The third-order valence-corrected chi connectivity index (χ3v) is 4.70. The largest absolute Gasteiger partial charge is 0.301 e. The Morgan fingerprint density at radius 2 is 2.05 bits per heavy atom. The van der Waals surface area contributed by atoms with Crippen LogP contribution in [0.4, 0.5) is 5.13 Å². The minimum absolute atomic E-state index is 0.0545. The molecule has 0 spiro atoms. The number of aromatic nitrogens is 1. The molecule has 1 N–H and O–H groups in total. The fraction of sp³-hybridized carbons (Fsp3) is 0.267. The summed E-state index contributed by atoms with van der Waals surface area (Å²) >= 11 is 2.44. The first-order valence-electron chi connectivity index (χ1n) is 6.59. The molecule has 1 heterocycles. The van der Waals surface area contributed by atoms with Gasteiger partial charge >= 0.3 is 0 Å². The Balaban J connectivity index is 2.05. The van der Waals surface area contributed by atoms with Crippen LogP contribution >= 0.6 is 23.1 Å². The number of nitrogens with zero attached hydrogens (tertiary/aromatic N) is 1. The fourth-order valence-electron chi connectivity index (χ4n) is 1.78. The Morgan fingerprint density at radius 3 is 2.67 bits per heavy atom. The smallest absolute Gasteiger partial charge is 0.239 e. The predicted octanol–water partition coefficient (Wildman–Crippen LogP) is 3.81. The number of carbonyl (C=O) groups is 2. The highest BCUT2D eigenvalue weighted by atomic mass is 32.2. The van der Waals surface area contributed by atoms with Crippen molar-refractivity contribution in [3.63, 3.8) is 0 Å². The molecule has 1 amide bonds. The summed E-state index contributed by atoms with van der Waals surface area (Å²) in [5.41, 5.74) is 1.85. The molecule has 0 saturated heterocycles. The van der Waals surface area contributed by atoms with E-state index in [1.165, 1.54) is 18.3 Å². The topological polar surface area (TPSA) is 59.1 Å². The number of thioether (sulfide) groups is 1. The van der Waals surface area contributed by atoms with E-state index in [-0.39, 0.29) is 16.3 Å². The summed E-state index contributed by atoms with van der Waals surface area (Å²) in [6, 6.07) is 9.79. The highest BCUT2D eigenvalue weighted by molar-refractivity contribution is 8.14. The van der Waals surface area contributed by atoms with Gasteiger partial charge in [0, 0.05) is 17.9 Å². The van der Waals surface area contributed by atoms with Gasteiger partial charge in [0.2, 0.25) is 5.91 Å².